The maximum atomic E-state index is 6.12. The van der Waals surface area contributed by atoms with Crippen LogP contribution in [0.2, 0.25) is 0 Å². The minimum absolute atomic E-state index is 0.0412. The van der Waals surface area contributed by atoms with Gasteiger partial charge in [0.2, 0.25) is 0 Å². The Hall–Kier alpha value is -2.91. The van der Waals surface area contributed by atoms with Crippen LogP contribution in [-0.2, 0) is 11.3 Å². The van der Waals surface area contributed by atoms with Gasteiger partial charge in [-0.1, -0.05) is 11.2 Å². The van der Waals surface area contributed by atoms with E-state index in [1.807, 2.05) is 30.8 Å². The Morgan fingerprint density at radius 3 is 3.06 bits per heavy atom. The summed E-state index contributed by atoms with van der Waals surface area (Å²) in [5.74, 6) is 0.889. The smallest absolute Gasteiger partial charge is 0.180 e. The lowest BCUT2D eigenvalue weighted by Gasteiger charge is -2.25. The molecule has 0 radical (unpaired) electrons. The Labute approximate surface area is 187 Å². The molecule has 8 nitrogen and oxygen atoms in total. The maximum absolute atomic E-state index is 6.12. The number of thiazole rings is 1. The van der Waals surface area contributed by atoms with Gasteiger partial charge >= 0.3 is 0 Å². The summed E-state index contributed by atoms with van der Waals surface area (Å²) in [6.07, 6.45) is 6.51. The number of benzene rings is 1. The maximum Gasteiger partial charge on any atom is 0.180 e. The van der Waals surface area contributed by atoms with E-state index in [2.05, 4.69) is 32.6 Å². The van der Waals surface area contributed by atoms with Gasteiger partial charge in [-0.15, -0.1) is 11.3 Å². The lowest BCUT2D eigenvalue weighted by Crippen LogP contribution is -2.27. The third kappa shape index (κ3) is 6.53. The number of hydrogen-bond donors (Lipinski definition) is 3. The van der Waals surface area contributed by atoms with Crippen molar-refractivity contribution in [3.63, 3.8) is 0 Å². The predicted molar refractivity (Wildman–Crippen MR) is 128 cm³/mol. The number of ether oxygens (including phenoxy) is 1. The van der Waals surface area contributed by atoms with Crippen LogP contribution in [0.4, 0.5) is 5.13 Å². The first-order chi connectivity index (χ1) is 15.1. The average Bonchev–Trinajstić information content (AvgIpc) is 3.22. The van der Waals surface area contributed by atoms with Gasteiger partial charge < -0.3 is 26.4 Å². The van der Waals surface area contributed by atoms with Gasteiger partial charge in [0.05, 0.1) is 0 Å². The molecule has 1 aliphatic heterocycles. The molecule has 0 unspecified atom stereocenters. The Balaban J connectivity index is 1.59. The molecule has 1 aromatic heterocycles. The first-order valence-corrected chi connectivity index (χ1v) is 11.2. The molecule has 1 atom stereocenters. The van der Waals surface area contributed by atoms with Gasteiger partial charge in [0, 0.05) is 37.0 Å². The Morgan fingerprint density at radius 1 is 1.45 bits per heavy atom. The van der Waals surface area contributed by atoms with E-state index >= 15 is 0 Å². The number of nitrogens with zero attached hydrogens (tertiary/aromatic N) is 3. The fourth-order valence-corrected chi connectivity index (χ4v) is 3.79. The van der Waals surface area contributed by atoms with Crippen LogP contribution in [0, 0.1) is 0 Å². The highest BCUT2D eigenvalue weighted by Gasteiger charge is 2.21. The van der Waals surface area contributed by atoms with Crippen LogP contribution in [0.25, 0.3) is 5.57 Å². The summed E-state index contributed by atoms with van der Waals surface area (Å²) in [5.41, 5.74) is 16.0. The van der Waals surface area contributed by atoms with E-state index in [4.69, 9.17) is 21.0 Å². The number of oxime groups is 1. The molecule has 2 heterocycles. The molecule has 1 aromatic carbocycles. The normalized spacial score (nSPS) is 16.8. The molecule has 3 rings (SSSR count). The van der Waals surface area contributed by atoms with Crippen molar-refractivity contribution in [3.05, 3.63) is 46.6 Å². The number of nitrogens with two attached hydrogens (primary N) is 2. The van der Waals surface area contributed by atoms with E-state index in [1.165, 1.54) is 16.9 Å². The number of nitrogen functional groups attached to an aromatic ring is 1. The van der Waals surface area contributed by atoms with Gasteiger partial charge in [-0.2, -0.15) is 0 Å². The van der Waals surface area contributed by atoms with Crippen molar-refractivity contribution < 1.29 is 9.57 Å². The van der Waals surface area contributed by atoms with Crippen molar-refractivity contribution in [2.75, 3.05) is 32.5 Å². The molecule has 166 valence electrons. The van der Waals surface area contributed by atoms with Crippen molar-refractivity contribution >= 4 is 34.0 Å². The second kappa shape index (κ2) is 11.5. The molecule has 0 bridgehead atoms. The Kier molecular flexibility index (Phi) is 8.43. The molecular weight excluding hydrogens is 412 g/mol. The number of aromatic nitrogens is 1. The fraction of sp³-hybridized carbons (Fsp3) is 0.409. The number of aliphatic imine (C=N–C) groups is 1. The van der Waals surface area contributed by atoms with Crippen LogP contribution in [-0.4, -0.2) is 49.8 Å². The SMILES string of the molecule is CN=C/C(=C\NCCCN)c1ccc2c(c1)CC[C@@H](CO/N=C(\C)c1csc(N)n1)O2. The standard InChI is InChI=1S/C22H30N6O2S/c1-15(20-14-31-22(24)27-20)28-29-13-19-6-4-17-10-16(5-7-21(17)30-19)18(11-25-2)12-26-9-3-8-23/h5,7,10-12,14,19,26H,3-4,6,8-9,13,23H2,1-2H3,(H2,24,27)/b18-12+,25-11?,28-15+/t19-/m0/s1. The van der Waals surface area contributed by atoms with Crippen molar-refractivity contribution in [1.82, 2.24) is 10.3 Å². The van der Waals surface area contributed by atoms with E-state index < -0.39 is 0 Å². The zero-order valence-corrected chi connectivity index (χ0v) is 18.8. The molecule has 0 spiro atoms. The van der Waals surface area contributed by atoms with Crippen LogP contribution in [0.1, 0.15) is 36.6 Å². The zero-order valence-electron chi connectivity index (χ0n) is 18.0. The largest absolute Gasteiger partial charge is 0.486 e. The van der Waals surface area contributed by atoms with Gasteiger partial charge in [0.1, 0.15) is 23.3 Å². The number of fused-ring (bicyclic) bond motifs is 1. The van der Waals surface area contributed by atoms with Gasteiger partial charge in [0.25, 0.3) is 0 Å². The number of rotatable bonds is 10. The number of nitrogens with one attached hydrogen (secondary N) is 1. The topological polar surface area (TPSA) is 120 Å². The van der Waals surface area contributed by atoms with Crippen LogP contribution >= 0.6 is 11.3 Å². The van der Waals surface area contributed by atoms with E-state index in [-0.39, 0.29) is 6.10 Å². The van der Waals surface area contributed by atoms with Gasteiger partial charge in [-0.25, -0.2) is 4.98 Å². The zero-order chi connectivity index (χ0) is 22.1. The van der Waals surface area contributed by atoms with Crippen LogP contribution in [0.3, 0.4) is 0 Å². The molecule has 31 heavy (non-hydrogen) atoms. The molecule has 2 aromatic rings. The summed E-state index contributed by atoms with van der Waals surface area (Å²) >= 11 is 1.38. The van der Waals surface area contributed by atoms with Crippen LogP contribution in [0.15, 0.2) is 39.9 Å². The monoisotopic (exact) mass is 442 g/mol. The van der Waals surface area contributed by atoms with E-state index in [1.54, 1.807) is 7.05 Å². The fourth-order valence-electron chi connectivity index (χ4n) is 3.18. The first kappa shape index (κ1) is 22.8. The summed E-state index contributed by atoms with van der Waals surface area (Å²) in [6.45, 7) is 3.74. The lowest BCUT2D eigenvalue weighted by atomic mass is 9.97. The highest BCUT2D eigenvalue weighted by Crippen LogP contribution is 2.30. The van der Waals surface area contributed by atoms with Gasteiger partial charge in [-0.05, 0) is 56.0 Å². The summed E-state index contributed by atoms with van der Waals surface area (Å²) in [4.78, 5) is 13.9. The number of aryl methyl sites for hydroxylation is 1. The highest BCUT2D eigenvalue weighted by atomic mass is 32.1. The number of hydrogen-bond acceptors (Lipinski definition) is 9. The molecule has 0 amide bonds. The summed E-state index contributed by atoms with van der Waals surface area (Å²) in [7, 11) is 1.77. The second-order valence-corrected chi connectivity index (χ2v) is 8.12. The van der Waals surface area contributed by atoms with E-state index in [0.29, 0.717) is 24.0 Å². The summed E-state index contributed by atoms with van der Waals surface area (Å²) in [6, 6.07) is 6.23. The third-order valence-corrected chi connectivity index (χ3v) is 5.50. The molecule has 5 N–H and O–H groups in total. The van der Waals surface area contributed by atoms with E-state index in [0.717, 1.165) is 48.4 Å². The van der Waals surface area contributed by atoms with Gasteiger partial charge in [0.15, 0.2) is 11.7 Å². The molecule has 0 fully saturated rings. The van der Waals surface area contributed by atoms with E-state index in [9.17, 15) is 0 Å². The highest BCUT2D eigenvalue weighted by molar-refractivity contribution is 7.13. The summed E-state index contributed by atoms with van der Waals surface area (Å²) < 4.78 is 6.12. The number of allylic oxidation sites excluding steroid dienone is 1. The summed E-state index contributed by atoms with van der Waals surface area (Å²) in [5, 5.41) is 9.83. The van der Waals surface area contributed by atoms with Crippen molar-refractivity contribution in [1.29, 1.82) is 0 Å². The minimum Gasteiger partial charge on any atom is -0.486 e. The molecule has 1 aliphatic rings. The molecular formula is C22H30N6O2S. The predicted octanol–water partition coefficient (Wildman–Crippen LogP) is 2.84. The average molecular weight is 443 g/mol. The minimum atomic E-state index is -0.0412. The number of anilines is 1. The molecule has 9 heteroatoms. The molecule has 0 aliphatic carbocycles. The Morgan fingerprint density at radius 2 is 2.32 bits per heavy atom. The van der Waals surface area contributed by atoms with Crippen LogP contribution < -0.4 is 21.5 Å². The molecule has 0 saturated carbocycles. The lowest BCUT2D eigenvalue weighted by molar-refractivity contribution is 0.0433. The first-order valence-electron chi connectivity index (χ1n) is 10.3. The quantitative estimate of drug-likeness (QED) is 0.296. The van der Waals surface area contributed by atoms with Crippen LogP contribution in [0.5, 0.6) is 5.75 Å². The second-order valence-electron chi connectivity index (χ2n) is 7.23. The van der Waals surface area contributed by atoms with Crippen molar-refractivity contribution in [3.8, 4) is 5.75 Å². The molecule has 0 saturated heterocycles. The third-order valence-electron chi connectivity index (χ3n) is 4.83. The van der Waals surface area contributed by atoms with Crippen molar-refractivity contribution in [2.45, 2.75) is 32.3 Å². The van der Waals surface area contributed by atoms with Gasteiger partial charge in [-0.3, -0.25) is 4.99 Å². The van der Waals surface area contributed by atoms with Crippen molar-refractivity contribution in [2.24, 2.45) is 15.9 Å². The Bertz CT molecular complexity index is 953.